The Morgan fingerprint density at radius 2 is 1.33 bits per heavy atom. The molecule has 0 aliphatic heterocycles. The molecule has 4 nitrogen and oxygen atoms in total. The first kappa shape index (κ1) is 24.8. The van der Waals surface area contributed by atoms with Crippen molar-refractivity contribution in [1.82, 2.24) is 9.47 Å². The van der Waals surface area contributed by atoms with E-state index in [1.54, 1.807) is 0 Å². The van der Waals surface area contributed by atoms with Crippen LogP contribution in [0.5, 0.6) is 0 Å². The molecule has 0 spiro atoms. The third-order valence-electron chi connectivity index (χ3n) is 6.43. The first-order valence-corrected chi connectivity index (χ1v) is 12.6. The number of unbranched alkanes of at least 4 members (excludes halogenated alkanes) is 6. The number of nitrogens with zero attached hydrogens (tertiary/aromatic N) is 2. The van der Waals surface area contributed by atoms with Gasteiger partial charge in [-0.1, -0.05) is 101 Å². The molecule has 0 aliphatic carbocycles. The minimum Gasteiger partial charge on any atom is -0.343 e. The number of carbonyl (C=O) groups is 2. The van der Waals surface area contributed by atoms with Gasteiger partial charge >= 0.3 is 0 Å². The van der Waals surface area contributed by atoms with E-state index in [2.05, 4.69) is 13.8 Å². The molecule has 0 atom stereocenters. The van der Waals surface area contributed by atoms with E-state index in [0.29, 0.717) is 18.7 Å². The van der Waals surface area contributed by atoms with Gasteiger partial charge in [-0.25, -0.2) is 0 Å². The molecule has 0 fully saturated rings. The Morgan fingerprint density at radius 3 is 1.94 bits per heavy atom. The van der Waals surface area contributed by atoms with E-state index >= 15 is 0 Å². The van der Waals surface area contributed by atoms with Crippen molar-refractivity contribution in [2.45, 2.75) is 65.2 Å². The van der Waals surface area contributed by atoms with Crippen molar-refractivity contribution in [2.75, 3.05) is 13.1 Å². The fourth-order valence-corrected chi connectivity index (χ4v) is 4.58. The molecular weight excluding hydrogens is 408 g/mol. The van der Waals surface area contributed by atoms with Gasteiger partial charge in [-0.2, -0.15) is 0 Å². The fraction of sp³-hybridized carbons (Fsp3) is 0.448. The van der Waals surface area contributed by atoms with Crippen LogP contribution in [0, 0.1) is 0 Å². The van der Waals surface area contributed by atoms with E-state index in [1.165, 1.54) is 0 Å². The lowest BCUT2D eigenvalue weighted by Crippen LogP contribution is -2.38. The van der Waals surface area contributed by atoms with Gasteiger partial charge in [0.25, 0.3) is 11.7 Å². The number of aryl methyl sites for hydroxylation is 1. The molecule has 0 bridgehead atoms. The van der Waals surface area contributed by atoms with Crippen molar-refractivity contribution in [3.05, 3.63) is 60.2 Å². The van der Waals surface area contributed by atoms with Crippen LogP contribution in [0.25, 0.3) is 22.2 Å². The van der Waals surface area contributed by atoms with Gasteiger partial charge in [0.1, 0.15) is 0 Å². The number of para-hydroxylation sites is 1. The minimum absolute atomic E-state index is 0.364. The van der Waals surface area contributed by atoms with Crippen LogP contribution < -0.4 is 0 Å². The average Bonchev–Trinajstić information content (AvgIpc) is 3.15. The van der Waals surface area contributed by atoms with Gasteiger partial charge in [0.05, 0.1) is 11.3 Å². The molecule has 4 heteroatoms. The smallest absolute Gasteiger partial charge is 0.295 e. The van der Waals surface area contributed by atoms with Gasteiger partial charge < -0.3 is 9.47 Å². The Kier molecular flexibility index (Phi) is 9.29. The quantitative estimate of drug-likeness (QED) is 0.161. The van der Waals surface area contributed by atoms with Gasteiger partial charge in [0.15, 0.2) is 0 Å². The first-order valence-electron chi connectivity index (χ1n) is 12.6. The van der Waals surface area contributed by atoms with Crippen LogP contribution in [0.15, 0.2) is 54.6 Å². The van der Waals surface area contributed by atoms with Crippen LogP contribution in [0.3, 0.4) is 0 Å². The minimum atomic E-state index is -0.392. The highest BCUT2D eigenvalue weighted by Gasteiger charge is 2.29. The van der Waals surface area contributed by atoms with Gasteiger partial charge in [0.2, 0.25) is 0 Å². The predicted molar refractivity (Wildman–Crippen MR) is 138 cm³/mol. The number of aromatic nitrogens is 1. The second-order valence-corrected chi connectivity index (χ2v) is 8.91. The zero-order valence-electron chi connectivity index (χ0n) is 20.5. The summed E-state index contributed by atoms with van der Waals surface area (Å²) in [7, 11) is 1.97. The number of Topliss-reactive ketones (excluding diaryl/α,β-unsaturated/α-hetero) is 1. The van der Waals surface area contributed by atoms with Crippen LogP contribution in [0.2, 0.25) is 0 Å². The van der Waals surface area contributed by atoms with Gasteiger partial charge in [-0.3, -0.25) is 9.59 Å². The van der Waals surface area contributed by atoms with Crippen LogP contribution in [-0.2, 0) is 11.8 Å². The molecule has 176 valence electrons. The molecular formula is C29H38N2O2. The zero-order valence-corrected chi connectivity index (χ0v) is 20.5. The molecule has 33 heavy (non-hydrogen) atoms. The molecule has 2 aromatic carbocycles. The molecule has 1 aromatic heterocycles. The number of fused-ring (bicyclic) bond motifs is 1. The number of hydrogen-bond acceptors (Lipinski definition) is 2. The van der Waals surface area contributed by atoms with E-state index in [9.17, 15) is 9.59 Å². The van der Waals surface area contributed by atoms with Crippen LogP contribution in [0.1, 0.15) is 75.6 Å². The third-order valence-corrected chi connectivity index (χ3v) is 6.43. The van der Waals surface area contributed by atoms with Crippen molar-refractivity contribution in [3.8, 4) is 11.3 Å². The number of carbonyl (C=O) groups excluding carboxylic acids is 2. The molecule has 1 heterocycles. The number of hydrogen-bond donors (Lipinski definition) is 0. The number of amides is 1. The molecule has 3 aromatic rings. The molecule has 1 amide bonds. The summed E-state index contributed by atoms with van der Waals surface area (Å²) in [4.78, 5) is 29.2. The highest BCUT2D eigenvalue weighted by Crippen LogP contribution is 2.33. The lowest BCUT2D eigenvalue weighted by atomic mass is 10.0. The average molecular weight is 447 g/mol. The largest absolute Gasteiger partial charge is 0.343 e. The summed E-state index contributed by atoms with van der Waals surface area (Å²) >= 11 is 0. The topological polar surface area (TPSA) is 42.3 Å². The summed E-state index contributed by atoms with van der Waals surface area (Å²) in [5, 5.41) is 0.842. The van der Waals surface area contributed by atoms with Gasteiger partial charge in [0, 0.05) is 31.0 Å². The summed E-state index contributed by atoms with van der Waals surface area (Å²) in [5.74, 6) is -0.756. The molecule has 0 aliphatic rings. The van der Waals surface area contributed by atoms with Crippen LogP contribution in [-0.4, -0.2) is 34.2 Å². The maximum Gasteiger partial charge on any atom is 0.295 e. The van der Waals surface area contributed by atoms with E-state index in [4.69, 9.17) is 0 Å². The maximum atomic E-state index is 13.8. The molecule has 3 rings (SSSR count). The zero-order chi connectivity index (χ0) is 23.6. The standard InChI is InChI=1S/C29H38N2O2/c1-4-6-8-15-21-31(22-16-9-7-5-2)29(33)28(32)26-24-19-13-14-20-25(24)30(3)27(26)23-17-11-10-12-18-23/h10-14,17-20H,4-9,15-16,21-22H2,1-3H3. The molecule has 0 unspecified atom stereocenters. The summed E-state index contributed by atoms with van der Waals surface area (Å²) in [6.45, 7) is 5.68. The Morgan fingerprint density at radius 1 is 0.758 bits per heavy atom. The third kappa shape index (κ3) is 5.93. The predicted octanol–water partition coefficient (Wildman–Crippen LogP) is 7.02. The second kappa shape index (κ2) is 12.4. The number of rotatable bonds is 13. The molecule has 0 saturated carbocycles. The monoisotopic (exact) mass is 446 g/mol. The van der Waals surface area contributed by atoms with Crippen molar-refractivity contribution < 1.29 is 9.59 Å². The first-order chi connectivity index (χ1) is 16.1. The summed E-state index contributed by atoms with van der Waals surface area (Å²) < 4.78 is 2.04. The summed E-state index contributed by atoms with van der Waals surface area (Å²) in [5.41, 5.74) is 3.25. The second-order valence-electron chi connectivity index (χ2n) is 8.91. The van der Waals surface area contributed by atoms with Gasteiger partial charge in [-0.05, 0) is 24.5 Å². The van der Waals surface area contributed by atoms with E-state index in [1.807, 2.05) is 71.1 Å². The number of ketones is 1. The Labute approximate surface area is 198 Å². The summed E-state index contributed by atoms with van der Waals surface area (Å²) in [6.07, 6.45) is 8.70. The summed E-state index contributed by atoms with van der Waals surface area (Å²) in [6, 6.07) is 17.8. The lowest BCUT2D eigenvalue weighted by molar-refractivity contribution is -0.126. The fourth-order valence-electron chi connectivity index (χ4n) is 4.58. The highest BCUT2D eigenvalue weighted by atomic mass is 16.2. The highest BCUT2D eigenvalue weighted by molar-refractivity contribution is 6.46. The SMILES string of the molecule is CCCCCCN(CCCCCC)C(=O)C(=O)c1c(-c2ccccc2)n(C)c2ccccc12. The Bertz CT molecular complexity index is 1040. The Hall–Kier alpha value is -2.88. The van der Waals surface area contributed by atoms with Crippen molar-refractivity contribution >= 4 is 22.6 Å². The number of benzene rings is 2. The van der Waals surface area contributed by atoms with Crippen LogP contribution >= 0.6 is 0 Å². The van der Waals surface area contributed by atoms with E-state index in [-0.39, 0.29) is 5.91 Å². The van der Waals surface area contributed by atoms with Crippen molar-refractivity contribution in [1.29, 1.82) is 0 Å². The van der Waals surface area contributed by atoms with E-state index in [0.717, 1.165) is 73.5 Å². The van der Waals surface area contributed by atoms with Crippen molar-refractivity contribution in [3.63, 3.8) is 0 Å². The molecule has 0 radical (unpaired) electrons. The van der Waals surface area contributed by atoms with Crippen LogP contribution in [0.4, 0.5) is 0 Å². The lowest BCUT2D eigenvalue weighted by Gasteiger charge is -2.22. The molecule has 0 saturated heterocycles. The van der Waals surface area contributed by atoms with Gasteiger partial charge in [-0.15, -0.1) is 0 Å². The maximum absolute atomic E-state index is 13.8. The molecule has 0 N–H and O–H groups in total. The Balaban J connectivity index is 1.95. The van der Waals surface area contributed by atoms with E-state index < -0.39 is 5.78 Å². The normalized spacial score (nSPS) is 11.1. The van der Waals surface area contributed by atoms with Crippen molar-refractivity contribution in [2.24, 2.45) is 7.05 Å².